The fourth-order valence-corrected chi connectivity index (χ4v) is 2.86. The van der Waals surface area contributed by atoms with Gasteiger partial charge in [0.05, 0.1) is 12.7 Å². The molecule has 19 heavy (non-hydrogen) atoms. The molecule has 0 aromatic heterocycles. The smallest absolute Gasteiger partial charge is 0.0866 e. The maximum Gasteiger partial charge on any atom is 0.0866 e. The highest BCUT2D eigenvalue weighted by atomic mass is 79.9. The molecular formula is C15H22BrNO2. The molecule has 0 amide bonds. The van der Waals surface area contributed by atoms with E-state index in [-0.39, 0.29) is 6.10 Å². The molecule has 1 aromatic rings. The van der Waals surface area contributed by atoms with Gasteiger partial charge in [-0.2, -0.15) is 0 Å². The lowest BCUT2D eigenvalue weighted by atomic mass is 9.95. The van der Waals surface area contributed by atoms with Gasteiger partial charge in [-0.05, 0) is 30.5 Å². The first kappa shape index (κ1) is 15.0. The molecule has 2 rings (SSSR count). The quantitative estimate of drug-likeness (QED) is 0.814. The van der Waals surface area contributed by atoms with Crippen molar-refractivity contribution >= 4 is 15.9 Å². The second kappa shape index (κ2) is 7.39. The monoisotopic (exact) mass is 327 g/mol. The van der Waals surface area contributed by atoms with E-state index in [1.807, 2.05) is 0 Å². The third kappa shape index (κ3) is 4.02. The van der Waals surface area contributed by atoms with Gasteiger partial charge in [-0.3, -0.25) is 0 Å². The van der Waals surface area contributed by atoms with Crippen LogP contribution in [0.15, 0.2) is 22.7 Å². The number of nitrogens with one attached hydrogen (secondary N) is 1. The van der Waals surface area contributed by atoms with Crippen LogP contribution in [0.25, 0.3) is 0 Å². The van der Waals surface area contributed by atoms with E-state index in [1.54, 1.807) is 7.11 Å². The maximum atomic E-state index is 5.91. The molecule has 3 nitrogen and oxygen atoms in total. The van der Waals surface area contributed by atoms with Crippen molar-refractivity contribution in [2.75, 3.05) is 33.4 Å². The van der Waals surface area contributed by atoms with Crippen LogP contribution in [0, 0.1) is 12.8 Å². The third-order valence-corrected chi connectivity index (χ3v) is 4.48. The number of hydrogen-bond donors (Lipinski definition) is 1. The molecule has 0 bridgehead atoms. The van der Waals surface area contributed by atoms with E-state index in [4.69, 9.17) is 9.47 Å². The molecule has 2 atom stereocenters. The van der Waals surface area contributed by atoms with Crippen molar-refractivity contribution < 1.29 is 9.47 Å². The average Bonchev–Trinajstić information content (AvgIpc) is 2.86. The van der Waals surface area contributed by atoms with Gasteiger partial charge in [0.15, 0.2) is 0 Å². The van der Waals surface area contributed by atoms with Crippen LogP contribution in [0.1, 0.15) is 23.7 Å². The molecule has 4 heteroatoms. The average molecular weight is 328 g/mol. The molecule has 0 radical (unpaired) electrons. The van der Waals surface area contributed by atoms with Crippen LogP contribution in [0.3, 0.4) is 0 Å². The first-order valence-corrected chi connectivity index (χ1v) is 7.59. The van der Waals surface area contributed by atoms with Gasteiger partial charge in [0.2, 0.25) is 0 Å². The van der Waals surface area contributed by atoms with Gasteiger partial charge in [-0.15, -0.1) is 0 Å². The normalized spacial score (nSPS) is 22.9. The molecule has 0 aliphatic carbocycles. The Morgan fingerprint density at radius 2 is 2.32 bits per heavy atom. The minimum atomic E-state index is 0.215. The number of methoxy groups -OCH3 is 1. The van der Waals surface area contributed by atoms with Crippen molar-refractivity contribution in [1.29, 1.82) is 0 Å². The summed E-state index contributed by atoms with van der Waals surface area (Å²) in [6.07, 6.45) is 1.34. The van der Waals surface area contributed by atoms with Crippen molar-refractivity contribution in [1.82, 2.24) is 5.32 Å². The Labute approximate surface area is 123 Å². The SMILES string of the molecule is COCCNCC1CCOC1c1ccc(C)c(Br)c1. The van der Waals surface area contributed by atoms with Gasteiger partial charge >= 0.3 is 0 Å². The zero-order chi connectivity index (χ0) is 13.7. The van der Waals surface area contributed by atoms with E-state index >= 15 is 0 Å². The number of hydrogen-bond acceptors (Lipinski definition) is 3. The highest BCUT2D eigenvalue weighted by molar-refractivity contribution is 9.10. The first-order valence-electron chi connectivity index (χ1n) is 6.79. The van der Waals surface area contributed by atoms with Crippen molar-refractivity contribution in [2.45, 2.75) is 19.4 Å². The molecule has 1 heterocycles. The predicted molar refractivity (Wildman–Crippen MR) is 80.4 cm³/mol. The number of benzene rings is 1. The second-order valence-corrected chi connectivity index (χ2v) is 5.90. The summed E-state index contributed by atoms with van der Waals surface area (Å²) in [6, 6.07) is 6.52. The van der Waals surface area contributed by atoms with Crippen LogP contribution in [-0.4, -0.2) is 33.4 Å². The summed E-state index contributed by atoms with van der Waals surface area (Å²) in [5, 5.41) is 3.44. The highest BCUT2D eigenvalue weighted by Crippen LogP contribution is 2.35. The molecule has 0 saturated carbocycles. The van der Waals surface area contributed by atoms with Crippen molar-refractivity contribution in [3.63, 3.8) is 0 Å². The van der Waals surface area contributed by atoms with Gasteiger partial charge in [0, 0.05) is 37.2 Å². The standard InChI is InChI=1S/C15H22BrNO2/c1-11-3-4-12(9-14(11)16)15-13(5-7-19-15)10-17-6-8-18-2/h3-4,9,13,15,17H,5-8,10H2,1-2H3. The van der Waals surface area contributed by atoms with Gasteiger partial charge < -0.3 is 14.8 Å². The Bertz CT molecular complexity index is 411. The summed E-state index contributed by atoms with van der Waals surface area (Å²) in [5.41, 5.74) is 2.53. The number of ether oxygens (including phenoxy) is 2. The Morgan fingerprint density at radius 3 is 3.05 bits per heavy atom. The molecule has 0 spiro atoms. The van der Waals surface area contributed by atoms with Crippen LogP contribution in [0.5, 0.6) is 0 Å². The number of rotatable bonds is 6. The lowest BCUT2D eigenvalue weighted by Gasteiger charge is -2.20. The zero-order valence-electron chi connectivity index (χ0n) is 11.6. The number of aryl methyl sites for hydroxylation is 1. The second-order valence-electron chi connectivity index (χ2n) is 5.05. The van der Waals surface area contributed by atoms with Crippen molar-refractivity contribution in [3.05, 3.63) is 33.8 Å². The van der Waals surface area contributed by atoms with E-state index in [1.165, 1.54) is 11.1 Å². The molecule has 1 aliphatic rings. The molecule has 1 aromatic carbocycles. The van der Waals surface area contributed by atoms with Crippen LogP contribution in [-0.2, 0) is 9.47 Å². The van der Waals surface area contributed by atoms with E-state index in [0.717, 1.165) is 37.2 Å². The van der Waals surface area contributed by atoms with Crippen molar-refractivity contribution in [2.24, 2.45) is 5.92 Å². The maximum absolute atomic E-state index is 5.91. The van der Waals surface area contributed by atoms with Crippen LogP contribution in [0.4, 0.5) is 0 Å². The van der Waals surface area contributed by atoms with E-state index in [0.29, 0.717) is 5.92 Å². The highest BCUT2D eigenvalue weighted by Gasteiger charge is 2.29. The molecule has 1 N–H and O–H groups in total. The van der Waals surface area contributed by atoms with Crippen molar-refractivity contribution in [3.8, 4) is 0 Å². The van der Waals surface area contributed by atoms with Crippen LogP contribution < -0.4 is 5.32 Å². The molecule has 1 saturated heterocycles. The van der Waals surface area contributed by atoms with Gasteiger partial charge in [0.25, 0.3) is 0 Å². The Balaban J connectivity index is 1.95. The van der Waals surface area contributed by atoms with Crippen LogP contribution in [0.2, 0.25) is 0 Å². The fourth-order valence-electron chi connectivity index (χ4n) is 2.46. The van der Waals surface area contributed by atoms with E-state index < -0.39 is 0 Å². The number of halogens is 1. The minimum absolute atomic E-state index is 0.215. The van der Waals surface area contributed by atoms with Gasteiger partial charge in [0.1, 0.15) is 0 Å². The van der Waals surface area contributed by atoms with Gasteiger partial charge in [-0.1, -0.05) is 28.1 Å². The summed E-state index contributed by atoms with van der Waals surface area (Å²) in [7, 11) is 1.73. The Hall–Kier alpha value is -0.420. The molecule has 1 aliphatic heterocycles. The molecular weight excluding hydrogens is 306 g/mol. The lowest BCUT2D eigenvalue weighted by Crippen LogP contribution is -2.27. The third-order valence-electron chi connectivity index (χ3n) is 3.63. The summed E-state index contributed by atoms with van der Waals surface area (Å²) in [4.78, 5) is 0. The first-order chi connectivity index (χ1) is 9.22. The molecule has 1 fully saturated rings. The molecule has 2 unspecified atom stereocenters. The Kier molecular flexibility index (Phi) is 5.82. The topological polar surface area (TPSA) is 30.5 Å². The lowest BCUT2D eigenvalue weighted by molar-refractivity contribution is 0.0898. The Morgan fingerprint density at radius 1 is 1.47 bits per heavy atom. The van der Waals surface area contributed by atoms with Gasteiger partial charge in [-0.25, -0.2) is 0 Å². The van der Waals surface area contributed by atoms with E-state index in [9.17, 15) is 0 Å². The summed E-state index contributed by atoms with van der Waals surface area (Å²) < 4.78 is 12.1. The summed E-state index contributed by atoms with van der Waals surface area (Å²) in [6.45, 7) is 5.60. The van der Waals surface area contributed by atoms with E-state index in [2.05, 4.69) is 46.4 Å². The van der Waals surface area contributed by atoms with Crippen LogP contribution >= 0.6 is 15.9 Å². The summed E-state index contributed by atoms with van der Waals surface area (Å²) >= 11 is 3.60. The fraction of sp³-hybridized carbons (Fsp3) is 0.600. The zero-order valence-corrected chi connectivity index (χ0v) is 13.2. The molecule has 106 valence electrons. The minimum Gasteiger partial charge on any atom is -0.383 e. The predicted octanol–water partition coefficient (Wildman–Crippen LogP) is 3.07. The largest absolute Gasteiger partial charge is 0.383 e. The summed E-state index contributed by atoms with van der Waals surface area (Å²) in [5.74, 6) is 0.548.